The van der Waals surface area contributed by atoms with Crippen molar-refractivity contribution in [3.63, 3.8) is 0 Å². The van der Waals surface area contributed by atoms with E-state index in [1.54, 1.807) is 6.92 Å². The minimum Gasteiger partial charge on any atom is -0.297 e. The second kappa shape index (κ2) is 6.14. The molecule has 0 rings (SSSR count). The van der Waals surface area contributed by atoms with E-state index in [4.69, 9.17) is 0 Å². The van der Waals surface area contributed by atoms with Crippen LogP contribution in [-0.2, 0) is 4.79 Å². The van der Waals surface area contributed by atoms with Gasteiger partial charge in [0, 0.05) is 0 Å². The molecular formula is C9H16Br2O. The molecular weight excluding hydrogens is 284 g/mol. The molecule has 0 heterocycles. The van der Waals surface area contributed by atoms with Crippen molar-refractivity contribution in [1.29, 1.82) is 0 Å². The molecule has 0 aromatic rings. The zero-order valence-electron chi connectivity index (χ0n) is 7.70. The Morgan fingerprint density at radius 1 is 1.25 bits per heavy atom. The summed E-state index contributed by atoms with van der Waals surface area (Å²) in [5, 5.41) is 0. The number of alkyl halides is 2. The first-order valence-corrected chi connectivity index (χ1v) is 5.98. The van der Waals surface area contributed by atoms with Gasteiger partial charge in [-0.1, -0.05) is 64.5 Å². The van der Waals surface area contributed by atoms with E-state index in [2.05, 4.69) is 38.8 Å². The van der Waals surface area contributed by atoms with Gasteiger partial charge in [-0.2, -0.15) is 0 Å². The zero-order valence-corrected chi connectivity index (χ0v) is 10.9. The van der Waals surface area contributed by atoms with Gasteiger partial charge in [-0.15, -0.1) is 0 Å². The largest absolute Gasteiger partial charge is 0.297 e. The molecule has 0 spiro atoms. The average Bonchev–Trinajstić information content (AvgIpc) is 1.98. The first-order valence-electron chi connectivity index (χ1n) is 4.39. The van der Waals surface area contributed by atoms with Crippen LogP contribution in [0.15, 0.2) is 0 Å². The van der Waals surface area contributed by atoms with Gasteiger partial charge in [-0.25, -0.2) is 0 Å². The van der Waals surface area contributed by atoms with E-state index in [1.807, 2.05) is 0 Å². The first-order chi connectivity index (χ1) is 5.50. The Balaban J connectivity index is 3.54. The minimum absolute atomic E-state index is 0.152. The quantitative estimate of drug-likeness (QED) is 0.534. The van der Waals surface area contributed by atoms with Gasteiger partial charge >= 0.3 is 0 Å². The van der Waals surface area contributed by atoms with Crippen LogP contribution in [0.3, 0.4) is 0 Å². The molecule has 72 valence electrons. The van der Waals surface area contributed by atoms with Gasteiger partial charge in [0.2, 0.25) is 0 Å². The SMILES string of the molecule is CCCCCCC(Br)(Br)C(C)=O. The van der Waals surface area contributed by atoms with Crippen molar-refractivity contribution < 1.29 is 4.79 Å². The molecule has 0 amide bonds. The molecule has 1 nitrogen and oxygen atoms in total. The van der Waals surface area contributed by atoms with Crippen molar-refractivity contribution in [2.45, 2.75) is 49.2 Å². The van der Waals surface area contributed by atoms with E-state index in [-0.39, 0.29) is 5.78 Å². The summed E-state index contributed by atoms with van der Waals surface area (Å²) in [6.07, 6.45) is 5.68. The summed E-state index contributed by atoms with van der Waals surface area (Å²) in [6.45, 7) is 3.78. The molecule has 0 atom stereocenters. The Morgan fingerprint density at radius 3 is 2.25 bits per heavy atom. The molecule has 0 unspecified atom stereocenters. The van der Waals surface area contributed by atoms with Crippen molar-refractivity contribution in [3.8, 4) is 0 Å². The molecule has 0 aliphatic carbocycles. The van der Waals surface area contributed by atoms with Gasteiger partial charge in [0.25, 0.3) is 0 Å². The third kappa shape index (κ3) is 5.31. The number of unbranched alkanes of at least 4 members (excludes halogenated alkanes) is 3. The molecule has 0 bridgehead atoms. The van der Waals surface area contributed by atoms with Crippen molar-refractivity contribution >= 4 is 37.6 Å². The van der Waals surface area contributed by atoms with Crippen molar-refractivity contribution in [2.24, 2.45) is 0 Å². The van der Waals surface area contributed by atoms with Crippen LogP contribution in [0, 0.1) is 0 Å². The van der Waals surface area contributed by atoms with Crippen LogP contribution >= 0.6 is 31.9 Å². The summed E-state index contributed by atoms with van der Waals surface area (Å²) in [5.74, 6) is 0.152. The van der Waals surface area contributed by atoms with E-state index < -0.39 is 3.23 Å². The Morgan fingerprint density at radius 2 is 1.83 bits per heavy atom. The lowest BCUT2D eigenvalue weighted by molar-refractivity contribution is -0.117. The Labute approximate surface area is 91.6 Å². The van der Waals surface area contributed by atoms with Gasteiger partial charge in [0.1, 0.15) is 3.23 Å². The lowest BCUT2D eigenvalue weighted by atomic mass is 10.1. The fourth-order valence-electron chi connectivity index (χ4n) is 0.950. The lowest BCUT2D eigenvalue weighted by Gasteiger charge is -2.15. The summed E-state index contributed by atoms with van der Waals surface area (Å²) >= 11 is 6.73. The topological polar surface area (TPSA) is 17.1 Å². The number of hydrogen-bond acceptors (Lipinski definition) is 1. The van der Waals surface area contributed by atoms with Crippen molar-refractivity contribution in [2.75, 3.05) is 0 Å². The highest BCUT2D eigenvalue weighted by atomic mass is 79.9. The predicted octanol–water partition coefficient (Wildman–Crippen LogP) is 4.03. The molecule has 3 heteroatoms. The van der Waals surface area contributed by atoms with Crippen LogP contribution in [0.1, 0.15) is 46.0 Å². The van der Waals surface area contributed by atoms with E-state index >= 15 is 0 Å². The molecule has 0 N–H and O–H groups in total. The van der Waals surface area contributed by atoms with E-state index in [9.17, 15) is 4.79 Å². The summed E-state index contributed by atoms with van der Waals surface area (Å²) < 4.78 is -0.465. The summed E-state index contributed by atoms with van der Waals surface area (Å²) in [4.78, 5) is 11.0. The number of ketones is 1. The van der Waals surface area contributed by atoms with Crippen LogP contribution in [0.25, 0.3) is 0 Å². The monoisotopic (exact) mass is 298 g/mol. The molecule has 0 aliphatic rings. The number of rotatable bonds is 6. The maximum absolute atomic E-state index is 11.0. The molecule has 0 saturated carbocycles. The average molecular weight is 300 g/mol. The van der Waals surface area contributed by atoms with E-state index in [0.717, 1.165) is 12.8 Å². The summed E-state index contributed by atoms with van der Waals surface area (Å²) in [7, 11) is 0. The predicted molar refractivity (Wildman–Crippen MR) is 60.0 cm³/mol. The molecule has 0 saturated heterocycles. The van der Waals surface area contributed by atoms with Gasteiger partial charge in [0.15, 0.2) is 5.78 Å². The van der Waals surface area contributed by atoms with Crippen molar-refractivity contribution in [3.05, 3.63) is 0 Å². The maximum atomic E-state index is 11.0. The van der Waals surface area contributed by atoms with Crippen molar-refractivity contribution in [1.82, 2.24) is 0 Å². The normalized spacial score (nSPS) is 11.7. The standard InChI is InChI=1S/C9H16Br2O/c1-3-4-5-6-7-9(10,11)8(2)12/h3-7H2,1-2H3. The van der Waals surface area contributed by atoms with E-state index in [0.29, 0.717) is 0 Å². The number of carbonyl (C=O) groups excluding carboxylic acids is 1. The Bertz CT molecular complexity index is 143. The molecule has 0 radical (unpaired) electrons. The van der Waals surface area contributed by atoms with Gasteiger partial charge in [-0.05, 0) is 13.3 Å². The molecule has 12 heavy (non-hydrogen) atoms. The second-order valence-electron chi connectivity index (χ2n) is 3.07. The van der Waals surface area contributed by atoms with Crippen LogP contribution < -0.4 is 0 Å². The summed E-state index contributed by atoms with van der Waals surface area (Å²) in [6, 6.07) is 0. The number of hydrogen-bond donors (Lipinski definition) is 0. The van der Waals surface area contributed by atoms with Gasteiger partial charge in [-0.3, -0.25) is 4.79 Å². The molecule has 0 aromatic heterocycles. The molecule has 0 aromatic carbocycles. The minimum atomic E-state index is -0.465. The third-order valence-corrected chi connectivity index (χ3v) is 3.77. The van der Waals surface area contributed by atoms with Crippen LogP contribution in [0.2, 0.25) is 0 Å². The molecule has 0 fully saturated rings. The van der Waals surface area contributed by atoms with E-state index in [1.165, 1.54) is 19.3 Å². The van der Waals surface area contributed by atoms with Crippen LogP contribution in [-0.4, -0.2) is 9.02 Å². The van der Waals surface area contributed by atoms with Crippen LogP contribution in [0.5, 0.6) is 0 Å². The lowest BCUT2D eigenvalue weighted by Crippen LogP contribution is -2.21. The maximum Gasteiger partial charge on any atom is 0.157 e. The van der Waals surface area contributed by atoms with Crippen LogP contribution in [0.4, 0.5) is 0 Å². The Kier molecular flexibility index (Phi) is 6.46. The van der Waals surface area contributed by atoms with Gasteiger partial charge < -0.3 is 0 Å². The second-order valence-corrected chi connectivity index (χ2v) is 6.84. The third-order valence-electron chi connectivity index (χ3n) is 1.86. The first kappa shape index (κ1) is 12.6. The number of halogens is 2. The smallest absolute Gasteiger partial charge is 0.157 e. The number of Topliss-reactive ketones (excluding diaryl/α,β-unsaturated/α-hetero) is 1. The fourth-order valence-corrected chi connectivity index (χ4v) is 1.51. The molecule has 0 aliphatic heterocycles. The van der Waals surface area contributed by atoms with Gasteiger partial charge in [0.05, 0.1) is 0 Å². The zero-order chi connectivity index (χ0) is 9.61. The highest BCUT2D eigenvalue weighted by molar-refractivity contribution is 9.25. The fraction of sp³-hybridized carbons (Fsp3) is 0.889. The summed E-state index contributed by atoms with van der Waals surface area (Å²) in [5.41, 5.74) is 0. The Hall–Kier alpha value is 0.630. The highest BCUT2D eigenvalue weighted by Gasteiger charge is 2.27. The number of carbonyl (C=O) groups is 1. The highest BCUT2D eigenvalue weighted by Crippen LogP contribution is 2.33.